The molecule has 2 aliphatic rings. The third kappa shape index (κ3) is 1.12. The van der Waals surface area contributed by atoms with Crippen molar-refractivity contribution in [3.63, 3.8) is 0 Å². The molecule has 3 unspecified atom stereocenters. The summed E-state index contributed by atoms with van der Waals surface area (Å²) < 4.78 is 0. The highest BCUT2D eigenvalue weighted by Crippen LogP contribution is 2.59. The molecular formula is C12H21NO. The van der Waals surface area contributed by atoms with Gasteiger partial charge in [-0.3, -0.25) is 4.79 Å². The van der Waals surface area contributed by atoms with Crippen LogP contribution in [0.4, 0.5) is 0 Å². The van der Waals surface area contributed by atoms with Gasteiger partial charge in [-0.15, -0.1) is 0 Å². The molecule has 1 N–H and O–H groups in total. The van der Waals surface area contributed by atoms with E-state index in [1.807, 2.05) is 0 Å². The van der Waals surface area contributed by atoms with Crippen LogP contribution in [0.1, 0.15) is 39.5 Å². The van der Waals surface area contributed by atoms with E-state index in [2.05, 4.69) is 19.2 Å². The third-order valence-electron chi connectivity index (χ3n) is 4.58. The van der Waals surface area contributed by atoms with Crippen molar-refractivity contribution in [3.05, 3.63) is 0 Å². The number of amides is 1. The Kier molecular flexibility index (Phi) is 2.32. The van der Waals surface area contributed by atoms with E-state index in [-0.39, 0.29) is 5.41 Å². The first-order valence-electron chi connectivity index (χ1n) is 5.83. The molecule has 14 heavy (non-hydrogen) atoms. The Morgan fingerprint density at radius 1 is 1.43 bits per heavy atom. The second kappa shape index (κ2) is 3.25. The van der Waals surface area contributed by atoms with Crippen LogP contribution in [0.2, 0.25) is 0 Å². The number of carbonyl (C=O) groups excluding carboxylic acids is 1. The van der Waals surface area contributed by atoms with Crippen LogP contribution in [0.25, 0.3) is 0 Å². The minimum Gasteiger partial charge on any atom is -0.359 e. The summed E-state index contributed by atoms with van der Waals surface area (Å²) in [6.07, 6.45) is 5.06. The Bertz CT molecular complexity index is 249. The lowest BCUT2D eigenvalue weighted by molar-refractivity contribution is -0.137. The van der Waals surface area contributed by atoms with Gasteiger partial charge in [0.25, 0.3) is 0 Å². The van der Waals surface area contributed by atoms with Gasteiger partial charge >= 0.3 is 0 Å². The highest BCUT2D eigenvalue weighted by Gasteiger charge is 2.56. The maximum absolute atomic E-state index is 12.1. The molecule has 2 fully saturated rings. The molecule has 0 heterocycles. The van der Waals surface area contributed by atoms with Crippen LogP contribution in [-0.4, -0.2) is 13.0 Å². The maximum atomic E-state index is 12.1. The van der Waals surface area contributed by atoms with Gasteiger partial charge in [0.2, 0.25) is 5.91 Å². The smallest absolute Gasteiger partial charge is 0.226 e. The SMILES string of the molecule is CNC(=O)C1(C(C)C)CC2CCC1C2. The average Bonchev–Trinajstić information content (AvgIpc) is 2.75. The van der Waals surface area contributed by atoms with E-state index in [1.165, 1.54) is 19.3 Å². The van der Waals surface area contributed by atoms with E-state index in [4.69, 9.17) is 0 Å². The molecule has 2 nitrogen and oxygen atoms in total. The first-order chi connectivity index (χ1) is 6.61. The lowest BCUT2D eigenvalue weighted by atomic mass is 9.65. The maximum Gasteiger partial charge on any atom is 0.226 e. The molecule has 0 aliphatic heterocycles. The van der Waals surface area contributed by atoms with E-state index < -0.39 is 0 Å². The fraction of sp³-hybridized carbons (Fsp3) is 0.917. The summed E-state index contributed by atoms with van der Waals surface area (Å²) in [5.41, 5.74) is -0.0301. The summed E-state index contributed by atoms with van der Waals surface area (Å²) >= 11 is 0. The zero-order valence-electron chi connectivity index (χ0n) is 9.47. The number of nitrogens with one attached hydrogen (secondary N) is 1. The van der Waals surface area contributed by atoms with Gasteiger partial charge < -0.3 is 5.32 Å². The fourth-order valence-electron chi connectivity index (χ4n) is 3.85. The van der Waals surface area contributed by atoms with E-state index in [9.17, 15) is 4.79 Å². The highest BCUT2D eigenvalue weighted by atomic mass is 16.2. The molecule has 2 bridgehead atoms. The van der Waals surface area contributed by atoms with E-state index >= 15 is 0 Å². The molecule has 2 heteroatoms. The van der Waals surface area contributed by atoms with E-state index in [0.717, 1.165) is 12.3 Å². The van der Waals surface area contributed by atoms with Crippen molar-refractivity contribution in [2.75, 3.05) is 7.05 Å². The predicted octanol–water partition coefficient (Wildman–Crippen LogP) is 2.19. The molecule has 0 aromatic heterocycles. The topological polar surface area (TPSA) is 29.1 Å². The average molecular weight is 195 g/mol. The lowest BCUT2D eigenvalue weighted by Gasteiger charge is -2.39. The van der Waals surface area contributed by atoms with Gasteiger partial charge in [0, 0.05) is 7.05 Å². The van der Waals surface area contributed by atoms with Crippen molar-refractivity contribution in [1.29, 1.82) is 0 Å². The number of hydrogen-bond acceptors (Lipinski definition) is 1. The molecule has 2 aliphatic carbocycles. The summed E-state index contributed by atoms with van der Waals surface area (Å²) in [4.78, 5) is 12.1. The summed E-state index contributed by atoms with van der Waals surface area (Å²) in [5, 5.41) is 2.88. The molecule has 80 valence electrons. The van der Waals surface area contributed by atoms with E-state index in [0.29, 0.717) is 17.7 Å². The molecule has 3 atom stereocenters. The monoisotopic (exact) mass is 195 g/mol. The first-order valence-corrected chi connectivity index (χ1v) is 5.83. The van der Waals surface area contributed by atoms with Crippen LogP contribution in [0.3, 0.4) is 0 Å². The molecule has 0 saturated heterocycles. The second-order valence-electron chi connectivity index (χ2n) is 5.35. The standard InChI is InChI=1S/C12H21NO/c1-8(2)12(11(14)13-3)7-9-4-5-10(12)6-9/h8-10H,4-7H2,1-3H3,(H,13,14). The molecule has 2 saturated carbocycles. The number of rotatable bonds is 2. The third-order valence-corrected chi connectivity index (χ3v) is 4.58. The Balaban J connectivity index is 2.28. The number of hydrogen-bond donors (Lipinski definition) is 1. The Morgan fingerprint density at radius 3 is 2.50 bits per heavy atom. The van der Waals surface area contributed by atoms with Gasteiger partial charge in [-0.25, -0.2) is 0 Å². The van der Waals surface area contributed by atoms with Crippen molar-refractivity contribution < 1.29 is 4.79 Å². The van der Waals surface area contributed by atoms with E-state index in [1.54, 1.807) is 7.05 Å². The quantitative estimate of drug-likeness (QED) is 0.719. The van der Waals surface area contributed by atoms with Crippen LogP contribution in [0.15, 0.2) is 0 Å². The zero-order valence-corrected chi connectivity index (χ0v) is 9.47. The lowest BCUT2D eigenvalue weighted by Crippen LogP contribution is -2.46. The Hall–Kier alpha value is -0.530. The minimum atomic E-state index is -0.0301. The Morgan fingerprint density at radius 2 is 2.14 bits per heavy atom. The van der Waals surface area contributed by atoms with Crippen LogP contribution >= 0.6 is 0 Å². The molecular weight excluding hydrogens is 174 g/mol. The van der Waals surface area contributed by atoms with Gasteiger partial charge in [0.1, 0.15) is 0 Å². The van der Waals surface area contributed by atoms with Gasteiger partial charge in [0.15, 0.2) is 0 Å². The largest absolute Gasteiger partial charge is 0.359 e. The summed E-state index contributed by atoms with van der Waals surface area (Å²) in [5.74, 6) is 2.27. The minimum absolute atomic E-state index is 0.0301. The van der Waals surface area contributed by atoms with Crippen LogP contribution in [0, 0.1) is 23.2 Å². The highest BCUT2D eigenvalue weighted by molar-refractivity contribution is 5.83. The normalized spacial score (nSPS) is 40.6. The molecule has 0 aromatic rings. The van der Waals surface area contributed by atoms with Gasteiger partial charge in [-0.05, 0) is 37.0 Å². The fourth-order valence-corrected chi connectivity index (χ4v) is 3.85. The van der Waals surface area contributed by atoms with Crippen molar-refractivity contribution >= 4 is 5.91 Å². The van der Waals surface area contributed by atoms with Gasteiger partial charge in [-0.1, -0.05) is 20.3 Å². The number of fused-ring (bicyclic) bond motifs is 2. The molecule has 0 aromatic carbocycles. The summed E-state index contributed by atoms with van der Waals surface area (Å²) in [7, 11) is 1.78. The number of carbonyl (C=O) groups is 1. The Labute approximate surface area is 86.5 Å². The van der Waals surface area contributed by atoms with Gasteiger partial charge in [-0.2, -0.15) is 0 Å². The van der Waals surface area contributed by atoms with Crippen molar-refractivity contribution in [2.45, 2.75) is 39.5 Å². The van der Waals surface area contributed by atoms with Crippen molar-refractivity contribution in [2.24, 2.45) is 23.2 Å². The summed E-state index contributed by atoms with van der Waals surface area (Å²) in [6, 6.07) is 0. The van der Waals surface area contributed by atoms with Crippen LogP contribution < -0.4 is 5.32 Å². The molecule has 1 amide bonds. The van der Waals surface area contributed by atoms with Crippen molar-refractivity contribution in [3.8, 4) is 0 Å². The van der Waals surface area contributed by atoms with Crippen LogP contribution in [0.5, 0.6) is 0 Å². The summed E-state index contributed by atoms with van der Waals surface area (Å²) in [6.45, 7) is 4.41. The molecule has 2 rings (SSSR count). The first kappa shape index (κ1) is 10.0. The van der Waals surface area contributed by atoms with Crippen LogP contribution in [-0.2, 0) is 4.79 Å². The van der Waals surface area contributed by atoms with Gasteiger partial charge in [0.05, 0.1) is 5.41 Å². The van der Waals surface area contributed by atoms with Crippen molar-refractivity contribution in [1.82, 2.24) is 5.32 Å². The second-order valence-corrected chi connectivity index (χ2v) is 5.35. The molecule has 0 radical (unpaired) electrons. The molecule has 0 spiro atoms. The predicted molar refractivity (Wildman–Crippen MR) is 56.8 cm³/mol. The zero-order chi connectivity index (χ0) is 10.3.